The second kappa shape index (κ2) is 5.62. The molecule has 0 aliphatic heterocycles. The van der Waals surface area contributed by atoms with Gasteiger partial charge in [-0.25, -0.2) is 17.8 Å². The molecule has 0 saturated heterocycles. The number of rotatable bonds is 4. The predicted molar refractivity (Wildman–Crippen MR) is 73.1 cm³/mol. The molecule has 1 aromatic heterocycles. The number of nitro benzene ring substituents is 1. The van der Waals surface area contributed by atoms with Crippen molar-refractivity contribution in [3.05, 3.63) is 57.5 Å². The van der Waals surface area contributed by atoms with Crippen molar-refractivity contribution in [2.45, 2.75) is 4.90 Å². The van der Waals surface area contributed by atoms with Crippen LogP contribution in [0.3, 0.4) is 0 Å². The number of anilines is 1. The molecule has 7 nitrogen and oxygen atoms in total. The van der Waals surface area contributed by atoms with Gasteiger partial charge >= 0.3 is 0 Å². The largest absolute Gasteiger partial charge is 0.272 e. The van der Waals surface area contributed by atoms with Gasteiger partial charge in [-0.05, 0) is 18.2 Å². The molecule has 0 fully saturated rings. The van der Waals surface area contributed by atoms with E-state index in [-0.39, 0.29) is 5.82 Å². The Kier molecular flexibility index (Phi) is 4.05. The third kappa shape index (κ3) is 3.44. The minimum atomic E-state index is -4.25. The summed E-state index contributed by atoms with van der Waals surface area (Å²) in [5, 5.41) is 10.8. The quantitative estimate of drug-likeness (QED) is 0.685. The molecule has 0 bridgehead atoms. The molecular formula is C11H7ClFN3O4S. The van der Waals surface area contributed by atoms with E-state index in [2.05, 4.69) is 4.98 Å². The van der Waals surface area contributed by atoms with E-state index >= 15 is 0 Å². The molecule has 1 aromatic carbocycles. The van der Waals surface area contributed by atoms with Crippen molar-refractivity contribution in [3.8, 4) is 0 Å². The average Bonchev–Trinajstić information content (AvgIpc) is 2.40. The van der Waals surface area contributed by atoms with Crippen molar-refractivity contribution in [2.75, 3.05) is 4.72 Å². The molecule has 0 radical (unpaired) electrons. The molecule has 0 atom stereocenters. The zero-order valence-electron chi connectivity index (χ0n) is 10.2. The first-order valence-corrected chi connectivity index (χ1v) is 7.24. The van der Waals surface area contributed by atoms with E-state index in [1.165, 1.54) is 18.3 Å². The lowest BCUT2D eigenvalue weighted by Gasteiger charge is -2.08. The van der Waals surface area contributed by atoms with Crippen LogP contribution in [0.15, 0.2) is 41.4 Å². The summed E-state index contributed by atoms with van der Waals surface area (Å²) in [6, 6.07) is 4.93. The summed E-state index contributed by atoms with van der Waals surface area (Å²) >= 11 is 5.61. The molecule has 2 rings (SSSR count). The summed E-state index contributed by atoms with van der Waals surface area (Å²) in [7, 11) is -4.25. The van der Waals surface area contributed by atoms with Gasteiger partial charge in [-0.15, -0.1) is 0 Å². The highest BCUT2D eigenvalue weighted by atomic mass is 35.5. The normalized spacial score (nSPS) is 11.1. The lowest BCUT2D eigenvalue weighted by atomic mass is 10.3. The van der Waals surface area contributed by atoms with Crippen molar-refractivity contribution in [1.82, 2.24) is 4.98 Å². The molecule has 0 aliphatic rings. The van der Waals surface area contributed by atoms with Crippen LogP contribution in [0.2, 0.25) is 5.02 Å². The number of benzene rings is 1. The van der Waals surface area contributed by atoms with Crippen molar-refractivity contribution in [1.29, 1.82) is 0 Å². The van der Waals surface area contributed by atoms with Gasteiger partial charge in [-0.2, -0.15) is 0 Å². The SMILES string of the molecule is O=[N+]([O-])c1ccc(S(=O)(=O)Nc2ccc(Cl)cn2)c(F)c1. The molecule has 1 N–H and O–H groups in total. The Hall–Kier alpha value is -2.26. The molecule has 2 aromatic rings. The first-order valence-electron chi connectivity index (χ1n) is 5.38. The van der Waals surface area contributed by atoms with Crippen LogP contribution in [0, 0.1) is 15.9 Å². The third-order valence-corrected chi connectivity index (χ3v) is 3.99. The monoisotopic (exact) mass is 331 g/mol. The first kappa shape index (κ1) is 15.1. The Bertz CT molecular complexity index is 796. The Morgan fingerprint density at radius 3 is 2.52 bits per heavy atom. The number of sulfonamides is 1. The third-order valence-electron chi connectivity index (χ3n) is 2.38. The van der Waals surface area contributed by atoms with Crippen LogP contribution < -0.4 is 4.72 Å². The number of hydrogen-bond acceptors (Lipinski definition) is 5. The predicted octanol–water partition coefficient (Wildman–Crippen LogP) is 2.58. The summed E-state index contributed by atoms with van der Waals surface area (Å²) in [4.78, 5) is 12.7. The van der Waals surface area contributed by atoms with Gasteiger partial charge in [-0.1, -0.05) is 11.6 Å². The number of nitro groups is 1. The van der Waals surface area contributed by atoms with Gasteiger partial charge in [0.25, 0.3) is 15.7 Å². The number of halogens is 2. The van der Waals surface area contributed by atoms with Gasteiger partial charge in [0.05, 0.1) is 16.0 Å². The Labute approximate surface area is 123 Å². The number of non-ortho nitro benzene ring substituents is 1. The molecule has 0 spiro atoms. The highest BCUT2D eigenvalue weighted by molar-refractivity contribution is 7.92. The van der Waals surface area contributed by atoms with E-state index in [1.54, 1.807) is 0 Å². The van der Waals surface area contributed by atoms with Crippen LogP contribution in [-0.2, 0) is 10.0 Å². The number of pyridine rings is 1. The summed E-state index contributed by atoms with van der Waals surface area (Å²) in [5.74, 6) is -1.29. The fourth-order valence-electron chi connectivity index (χ4n) is 1.45. The molecule has 10 heteroatoms. The van der Waals surface area contributed by atoms with Crippen LogP contribution in [0.5, 0.6) is 0 Å². The number of nitrogens with one attached hydrogen (secondary N) is 1. The van der Waals surface area contributed by atoms with Crippen molar-refractivity contribution in [2.24, 2.45) is 0 Å². The van der Waals surface area contributed by atoms with E-state index in [1.807, 2.05) is 4.72 Å². The van der Waals surface area contributed by atoms with Gasteiger partial charge < -0.3 is 0 Å². The van der Waals surface area contributed by atoms with E-state index < -0.39 is 31.3 Å². The summed E-state index contributed by atoms with van der Waals surface area (Å²) < 4.78 is 39.7. The minimum Gasteiger partial charge on any atom is -0.263 e. The summed E-state index contributed by atoms with van der Waals surface area (Å²) in [5.41, 5.74) is -0.545. The average molecular weight is 332 g/mol. The van der Waals surface area contributed by atoms with Gasteiger partial charge in [0.1, 0.15) is 10.7 Å². The molecule has 21 heavy (non-hydrogen) atoms. The Balaban J connectivity index is 2.35. The maximum absolute atomic E-state index is 13.7. The number of aromatic nitrogens is 1. The number of nitrogens with zero attached hydrogens (tertiary/aromatic N) is 2. The van der Waals surface area contributed by atoms with Crippen LogP contribution in [0.4, 0.5) is 15.9 Å². The molecule has 0 saturated carbocycles. The second-order valence-electron chi connectivity index (χ2n) is 3.84. The van der Waals surface area contributed by atoms with E-state index in [4.69, 9.17) is 11.6 Å². The second-order valence-corrected chi connectivity index (χ2v) is 5.93. The Morgan fingerprint density at radius 2 is 2.00 bits per heavy atom. The van der Waals surface area contributed by atoms with Crippen molar-refractivity contribution >= 4 is 33.1 Å². The molecule has 0 unspecified atom stereocenters. The smallest absolute Gasteiger partial charge is 0.263 e. The Morgan fingerprint density at radius 1 is 1.29 bits per heavy atom. The molecule has 1 heterocycles. The van der Waals surface area contributed by atoms with Gasteiger partial charge in [0.15, 0.2) is 5.82 Å². The van der Waals surface area contributed by atoms with E-state index in [0.717, 1.165) is 12.1 Å². The highest BCUT2D eigenvalue weighted by Crippen LogP contribution is 2.22. The first-order chi connectivity index (χ1) is 9.79. The minimum absolute atomic E-state index is 0.0582. The fraction of sp³-hybridized carbons (Fsp3) is 0. The van der Waals surface area contributed by atoms with Crippen LogP contribution >= 0.6 is 11.6 Å². The molecule has 110 valence electrons. The van der Waals surface area contributed by atoms with Gasteiger partial charge in [0, 0.05) is 12.3 Å². The van der Waals surface area contributed by atoms with E-state index in [0.29, 0.717) is 11.1 Å². The summed E-state index contributed by atoms with van der Waals surface area (Å²) in [6.45, 7) is 0. The lowest BCUT2D eigenvalue weighted by molar-refractivity contribution is -0.385. The molecule has 0 aliphatic carbocycles. The van der Waals surface area contributed by atoms with Crippen LogP contribution in [0.25, 0.3) is 0 Å². The maximum atomic E-state index is 13.7. The molecule has 0 amide bonds. The lowest BCUT2D eigenvalue weighted by Crippen LogP contribution is -2.15. The van der Waals surface area contributed by atoms with Gasteiger partial charge in [-0.3, -0.25) is 14.8 Å². The van der Waals surface area contributed by atoms with Crippen molar-refractivity contribution in [3.63, 3.8) is 0 Å². The maximum Gasteiger partial charge on any atom is 0.272 e. The zero-order chi connectivity index (χ0) is 15.6. The number of hydrogen-bond donors (Lipinski definition) is 1. The molecular weight excluding hydrogens is 325 g/mol. The standard InChI is InChI=1S/C11H7ClFN3O4S/c12-7-1-4-11(14-6-7)15-21(19,20)10-3-2-8(16(17)18)5-9(10)13/h1-6H,(H,14,15). The van der Waals surface area contributed by atoms with Gasteiger partial charge in [0.2, 0.25) is 0 Å². The zero-order valence-corrected chi connectivity index (χ0v) is 11.7. The highest BCUT2D eigenvalue weighted by Gasteiger charge is 2.22. The topological polar surface area (TPSA) is 102 Å². The van der Waals surface area contributed by atoms with Crippen LogP contribution in [-0.4, -0.2) is 18.3 Å². The fourth-order valence-corrected chi connectivity index (χ4v) is 2.63. The van der Waals surface area contributed by atoms with Crippen molar-refractivity contribution < 1.29 is 17.7 Å². The van der Waals surface area contributed by atoms with Crippen LogP contribution in [0.1, 0.15) is 0 Å². The van der Waals surface area contributed by atoms with E-state index in [9.17, 15) is 22.9 Å². The summed E-state index contributed by atoms with van der Waals surface area (Å²) in [6.07, 6.45) is 1.21.